The number of rotatable bonds is 7. The minimum Gasteiger partial charge on any atom is -0.497 e. The van der Waals surface area contributed by atoms with Gasteiger partial charge in [-0.25, -0.2) is 9.97 Å². The van der Waals surface area contributed by atoms with Crippen molar-refractivity contribution in [2.45, 2.75) is 18.6 Å². The molecule has 0 spiro atoms. The summed E-state index contributed by atoms with van der Waals surface area (Å²) in [5, 5.41) is 11.6. The Hall–Kier alpha value is -3.37. The Morgan fingerprint density at radius 1 is 1.18 bits per heavy atom. The maximum absolute atomic E-state index is 12.5. The lowest BCUT2D eigenvalue weighted by Crippen LogP contribution is -2.31. The first kappa shape index (κ1) is 20.9. The lowest BCUT2D eigenvalue weighted by molar-refractivity contribution is -0.145. The van der Waals surface area contributed by atoms with Crippen molar-refractivity contribution in [1.82, 2.24) is 15.3 Å². The molecule has 1 amide bonds. The Morgan fingerprint density at radius 2 is 1.82 bits per heavy atom. The number of aliphatic carboxylic acids is 1. The van der Waals surface area contributed by atoms with Crippen LogP contribution in [0.5, 0.6) is 11.5 Å². The summed E-state index contributed by atoms with van der Waals surface area (Å²) in [5.41, 5.74) is 0.0998. The topological polar surface area (TPSA) is 111 Å². The number of carbonyl (C=O) groups excluding carboxylic acids is 1. The van der Waals surface area contributed by atoms with E-state index in [1.54, 1.807) is 6.07 Å². The number of alkyl halides is 3. The molecule has 0 bridgehead atoms. The van der Waals surface area contributed by atoms with Gasteiger partial charge in [-0.15, -0.1) is 0 Å². The molecule has 0 saturated heterocycles. The first-order valence-corrected chi connectivity index (χ1v) is 7.79. The number of nitrogens with one attached hydrogen (secondary N) is 1. The molecule has 150 valence electrons. The molecule has 0 aliphatic carbocycles. The van der Waals surface area contributed by atoms with Gasteiger partial charge in [-0.1, -0.05) is 0 Å². The van der Waals surface area contributed by atoms with Crippen molar-refractivity contribution in [3.63, 3.8) is 0 Å². The van der Waals surface area contributed by atoms with Gasteiger partial charge in [0.1, 0.15) is 11.5 Å². The van der Waals surface area contributed by atoms with Crippen molar-refractivity contribution in [3.8, 4) is 11.5 Å². The summed E-state index contributed by atoms with van der Waals surface area (Å²) in [6.07, 6.45) is -3.80. The van der Waals surface area contributed by atoms with Gasteiger partial charge >= 0.3 is 12.1 Å². The lowest BCUT2D eigenvalue weighted by atomic mass is 10.0. The predicted octanol–water partition coefficient (Wildman–Crippen LogP) is 2.46. The van der Waals surface area contributed by atoms with Crippen LogP contribution in [0.1, 0.15) is 34.2 Å². The lowest BCUT2D eigenvalue weighted by Gasteiger charge is -2.20. The molecule has 0 fully saturated rings. The van der Waals surface area contributed by atoms with Crippen LogP contribution >= 0.6 is 0 Å². The van der Waals surface area contributed by atoms with Crippen LogP contribution in [0.25, 0.3) is 0 Å². The third-order valence-corrected chi connectivity index (χ3v) is 3.67. The molecule has 8 nitrogen and oxygen atoms in total. The average Bonchev–Trinajstić information content (AvgIpc) is 2.65. The number of hydrogen-bond acceptors (Lipinski definition) is 6. The van der Waals surface area contributed by atoms with Gasteiger partial charge in [0.25, 0.3) is 5.91 Å². The summed E-state index contributed by atoms with van der Waals surface area (Å²) in [5.74, 6) is -2.70. The highest BCUT2D eigenvalue weighted by Gasteiger charge is 2.34. The fourth-order valence-electron chi connectivity index (χ4n) is 2.35. The highest BCUT2D eigenvalue weighted by atomic mass is 19.4. The van der Waals surface area contributed by atoms with Crippen LogP contribution in [0, 0.1) is 0 Å². The van der Waals surface area contributed by atoms with Crippen LogP contribution in [0.2, 0.25) is 0 Å². The molecule has 1 atom stereocenters. The van der Waals surface area contributed by atoms with Gasteiger partial charge < -0.3 is 19.9 Å². The van der Waals surface area contributed by atoms with Crippen LogP contribution in [-0.2, 0) is 11.0 Å². The Kier molecular flexibility index (Phi) is 6.39. The molecule has 1 aromatic heterocycles. The van der Waals surface area contributed by atoms with E-state index in [0.29, 0.717) is 23.7 Å². The first-order valence-electron chi connectivity index (χ1n) is 7.79. The zero-order chi connectivity index (χ0) is 20.9. The van der Waals surface area contributed by atoms with E-state index < -0.39 is 36.3 Å². The number of halogens is 3. The van der Waals surface area contributed by atoms with E-state index in [9.17, 15) is 22.8 Å². The van der Waals surface area contributed by atoms with Gasteiger partial charge in [-0.3, -0.25) is 9.59 Å². The largest absolute Gasteiger partial charge is 0.497 e. The molecule has 0 saturated carbocycles. The number of carboxylic acids is 1. The fourth-order valence-corrected chi connectivity index (χ4v) is 2.35. The van der Waals surface area contributed by atoms with Crippen molar-refractivity contribution in [1.29, 1.82) is 0 Å². The Labute approximate surface area is 157 Å². The number of nitrogens with zero attached hydrogens (tertiary/aromatic N) is 2. The molecular weight excluding hydrogens is 383 g/mol. The number of carboxylic acid groups (broad SMARTS) is 1. The van der Waals surface area contributed by atoms with Crippen LogP contribution in [-0.4, -0.2) is 41.2 Å². The monoisotopic (exact) mass is 399 g/mol. The number of amides is 1. The molecule has 2 N–H and O–H groups in total. The quantitative estimate of drug-likeness (QED) is 0.736. The summed E-state index contributed by atoms with van der Waals surface area (Å²) in [7, 11) is 2.80. The zero-order valence-corrected chi connectivity index (χ0v) is 14.8. The van der Waals surface area contributed by atoms with Gasteiger partial charge in [-0.05, 0) is 12.1 Å². The van der Waals surface area contributed by atoms with Crippen LogP contribution in [0.3, 0.4) is 0 Å². The van der Waals surface area contributed by atoms with Gasteiger partial charge in [0.15, 0.2) is 0 Å². The van der Waals surface area contributed by atoms with E-state index in [0.717, 1.165) is 0 Å². The van der Waals surface area contributed by atoms with E-state index in [2.05, 4.69) is 15.3 Å². The summed E-state index contributed by atoms with van der Waals surface area (Å²) >= 11 is 0. The molecule has 28 heavy (non-hydrogen) atoms. The van der Waals surface area contributed by atoms with Gasteiger partial charge in [0, 0.05) is 24.0 Å². The minimum atomic E-state index is -4.74. The predicted molar refractivity (Wildman–Crippen MR) is 89.0 cm³/mol. The van der Waals surface area contributed by atoms with E-state index in [1.807, 2.05) is 0 Å². The highest BCUT2D eigenvalue weighted by molar-refractivity contribution is 5.94. The normalized spacial score (nSPS) is 12.2. The number of aromatic nitrogens is 2. The van der Waals surface area contributed by atoms with Crippen molar-refractivity contribution in [3.05, 3.63) is 47.5 Å². The van der Waals surface area contributed by atoms with Crippen LogP contribution in [0.4, 0.5) is 13.2 Å². The molecule has 11 heteroatoms. The van der Waals surface area contributed by atoms with E-state index in [1.165, 1.54) is 26.4 Å². The van der Waals surface area contributed by atoms with E-state index >= 15 is 0 Å². The molecule has 2 rings (SSSR count). The first-order chi connectivity index (χ1) is 13.2. The SMILES string of the molecule is COc1ccc(C(CC(=O)O)NC(=O)c2cnc(C(F)(F)F)nc2)c(OC)c1. The second kappa shape index (κ2) is 8.55. The third kappa shape index (κ3) is 5.09. The van der Waals surface area contributed by atoms with Gasteiger partial charge in [-0.2, -0.15) is 13.2 Å². The van der Waals surface area contributed by atoms with Crippen molar-refractivity contribution in [2.75, 3.05) is 14.2 Å². The zero-order valence-electron chi connectivity index (χ0n) is 14.8. The number of benzene rings is 1. The molecule has 2 aromatic rings. The Balaban J connectivity index is 2.29. The molecule has 1 aromatic carbocycles. The van der Waals surface area contributed by atoms with Crippen LogP contribution < -0.4 is 14.8 Å². The maximum atomic E-state index is 12.5. The molecule has 1 heterocycles. The Morgan fingerprint density at radius 3 is 2.32 bits per heavy atom. The van der Waals surface area contributed by atoms with Crippen LogP contribution in [0.15, 0.2) is 30.6 Å². The molecular formula is C17H16F3N3O5. The molecule has 0 radical (unpaired) electrons. The van der Waals surface area contributed by atoms with Crippen molar-refractivity contribution >= 4 is 11.9 Å². The van der Waals surface area contributed by atoms with Crippen molar-refractivity contribution < 1.29 is 37.3 Å². The second-order valence-corrected chi connectivity index (χ2v) is 5.52. The Bertz CT molecular complexity index is 856. The molecule has 0 aliphatic heterocycles. The summed E-state index contributed by atoms with van der Waals surface area (Å²) < 4.78 is 47.9. The average molecular weight is 399 g/mol. The number of methoxy groups -OCH3 is 2. The van der Waals surface area contributed by atoms with E-state index in [4.69, 9.17) is 14.6 Å². The standard InChI is InChI=1S/C17H16F3N3O5/c1-27-10-3-4-11(13(5-10)28-2)12(6-14(24)25)23-15(26)9-7-21-16(22-8-9)17(18,19)20/h3-5,7-8,12H,6H2,1-2H3,(H,23,26)(H,24,25). The maximum Gasteiger partial charge on any atom is 0.451 e. The number of ether oxygens (including phenoxy) is 2. The third-order valence-electron chi connectivity index (χ3n) is 3.67. The summed E-state index contributed by atoms with van der Waals surface area (Å²) in [4.78, 5) is 29.8. The van der Waals surface area contributed by atoms with Crippen molar-refractivity contribution in [2.24, 2.45) is 0 Å². The van der Waals surface area contributed by atoms with E-state index in [-0.39, 0.29) is 11.3 Å². The number of carbonyl (C=O) groups is 2. The second-order valence-electron chi connectivity index (χ2n) is 5.52. The van der Waals surface area contributed by atoms with Gasteiger partial charge in [0.05, 0.1) is 32.2 Å². The summed E-state index contributed by atoms with van der Waals surface area (Å²) in [6, 6.07) is 3.57. The molecule has 1 unspecified atom stereocenters. The smallest absolute Gasteiger partial charge is 0.451 e. The summed E-state index contributed by atoms with van der Waals surface area (Å²) in [6.45, 7) is 0. The van der Waals surface area contributed by atoms with Gasteiger partial charge in [0.2, 0.25) is 5.82 Å². The molecule has 0 aliphatic rings. The number of hydrogen-bond donors (Lipinski definition) is 2. The highest BCUT2D eigenvalue weighted by Crippen LogP contribution is 2.31. The fraction of sp³-hybridized carbons (Fsp3) is 0.294. The minimum absolute atomic E-state index is 0.254.